The van der Waals surface area contributed by atoms with Gasteiger partial charge in [0.1, 0.15) is 0 Å². The molecule has 0 aliphatic heterocycles. The molecule has 1 rings (SSSR count). The third-order valence-electron chi connectivity index (χ3n) is 2.94. The molecule has 0 amide bonds. The number of aryl methyl sites for hydroxylation is 1. The van der Waals surface area contributed by atoms with Crippen molar-refractivity contribution >= 4 is 5.97 Å². The van der Waals surface area contributed by atoms with Crippen LogP contribution in [0, 0.1) is 5.92 Å². The quantitative estimate of drug-likeness (QED) is 0.713. The number of carbonyl (C=O) groups is 1. The summed E-state index contributed by atoms with van der Waals surface area (Å²) in [4.78, 5) is 11.8. The molecule has 0 atom stereocenters. The maximum Gasteiger partial charge on any atom is 0.360 e. The summed E-state index contributed by atoms with van der Waals surface area (Å²) in [6.07, 6.45) is 2.19. The lowest BCUT2D eigenvalue weighted by molar-refractivity contribution is 0.0517. The molecule has 1 aromatic rings. The highest BCUT2D eigenvalue weighted by atomic mass is 16.5. The van der Waals surface area contributed by atoms with E-state index < -0.39 is 0 Å². The Balaban J connectivity index is 2.84. The van der Waals surface area contributed by atoms with Crippen molar-refractivity contribution in [1.82, 2.24) is 15.0 Å². The minimum atomic E-state index is -0.374. The van der Waals surface area contributed by atoms with Crippen molar-refractivity contribution < 1.29 is 9.53 Å². The van der Waals surface area contributed by atoms with Gasteiger partial charge in [-0.2, -0.15) is 0 Å². The molecule has 0 fully saturated rings. The van der Waals surface area contributed by atoms with E-state index in [2.05, 4.69) is 24.2 Å². The van der Waals surface area contributed by atoms with Crippen molar-refractivity contribution in [3.05, 3.63) is 11.4 Å². The van der Waals surface area contributed by atoms with Gasteiger partial charge in [0.25, 0.3) is 0 Å². The van der Waals surface area contributed by atoms with E-state index in [0.717, 1.165) is 25.1 Å². The largest absolute Gasteiger partial charge is 0.461 e. The Bertz CT molecular complexity index is 411. The molecule has 0 aliphatic carbocycles. The van der Waals surface area contributed by atoms with Crippen LogP contribution in [0.5, 0.6) is 0 Å². The van der Waals surface area contributed by atoms with Crippen LogP contribution in [0.2, 0.25) is 0 Å². The average molecular weight is 267 g/mol. The highest BCUT2D eigenvalue weighted by Crippen LogP contribution is 2.19. The molecule has 0 N–H and O–H groups in total. The van der Waals surface area contributed by atoms with Crippen LogP contribution in [0.3, 0.4) is 0 Å². The Morgan fingerprint density at radius 1 is 1.32 bits per heavy atom. The zero-order valence-electron chi connectivity index (χ0n) is 12.6. The molecule has 1 aromatic heterocycles. The van der Waals surface area contributed by atoms with Gasteiger partial charge in [0.2, 0.25) is 0 Å². The molecule has 0 radical (unpaired) electrons. The van der Waals surface area contributed by atoms with Crippen molar-refractivity contribution in [2.24, 2.45) is 5.92 Å². The van der Waals surface area contributed by atoms with Crippen molar-refractivity contribution in [2.45, 2.75) is 59.9 Å². The normalized spacial score (nSPS) is 11.3. The van der Waals surface area contributed by atoms with E-state index in [1.54, 1.807) is 6.92 Å². The van der Waals surface area contributed by atoms with E-state index in [-0.39, 0.29) is 11.9 Å². The second-order valence-electron chi connectivity index (χ2n) is 5.46. The summed E-state index contributed by atoms with van der Waals surface area (Å²) in [5.74, 6) is 0.505. The summed E-state index contributed by atoms with van der Waals surface area (Å²) < 4.78 is 6.87. The van der Waals surface area contributed by atoms with E-state index in [0.29, 0.717) is 18.2 Å². The first-order valence-corrected chi connectivity index (χ1v) is 7.07. The number of rotatable bonds is 7. The van der Waals surface area contributed by atoms with Crippen LogP contribution in [0.4, 0.5) is 0 Å². The molecule has 1 heterocycles. The third-order valence-corrected chi connectivity index (χ3v) is 2.94. The smallest absolute Gasteiger partial charge is 0.360 e. The number of hydrogen-bond acceptors (Lipinski definition) is 4. The minimum Gasteiger partial charge on any atom is -0.461 e. The van der Waals surface area contributed by atoms with Gasteiger partial charge in [0.05, 0.1) is 12.3 Å². The Hall–Kier alpha value is -1.39. The van der Waals surface area contributed by atoms with Gasteiger partial charge in [-0.05, 0) is 31.6 Å². The van der Waals surface area contributed by atoms with Crippen molar-refractivity contribution in [2.75, 3.05) is 6.61 Å². The maximum atomic E-state index is 11.8. The molecule has 0 bridgehead atoms. The van der Waals surface area contributed by atoms with Gasteiger partial charge in [0.15, 0.2) is 5.69 Å². The minimum absolute atomic E-state index is 0.202. The van der Waals surface area contributed by atoms with E-state index >= 15 is 0 Å². The Labute approximate surface area is 115 Å². The maximum absolute atomic E-state index is 11.8. The molecular weight excluding hydrogens is 242 g/mol. The molecule has 5 heteroatoms. The number of carbonyl (C=O) groups excluding carboxylic acids is 1. The topological polar surface area (TPSA) is 57.0 Å². The molecule has 0 aliphatic rings. The summed E-state index contributed by atoms with van der Waals surface area (Å²) in [5.41, 5.74) is 1.24. The van der Waals surface area contributed by atoms with E-state index in [9.17, 15) is 4.79 Å². The second kappa shape index (κ2) is 7.26. The van der Waals surface area contributed by atoms with Gasteiger partial charge < -0.3 is 4.74 Å². The summed E-state index contributed by atoms with van der Waals surface area (Å²) in [6.45, 7) is 11.4. The van der Waals surface area contributed by atoms with Crippen LogP contribution >= 0.6 is 0 Å². The Morgan fingerprint density at radius 2 is 2.00 bits per heavy atom. The zero-order valence-corrected chi connectivity index (χ0v) is 12.6. The molecule has 5 nitrogen and oxygen atoms in total. The van der Waals surface area contributed by atoms with Gasteiger partial charge in [-0.15, -0.1) is 5.10 Å². The summed E-state index contributed by atoms with van der Waals surface area (Å²) in [5, 5.41) is 8.10. The monoisotopic (exact) mass is 267 g/mol. The number of esters is 1. The fourth-order valence-corrected chi connectivity index (χ4v) is 2.05. The molecule has 0 saturated heterocycles. The zero-order chi connectivity index (χ0) is 14.4. The van der Waals surface area contributed by atoms with Gasteiger partial charge in [-0.25, -0.2) is 9.48 Å². The van der Waals surface area contributed by atoms with Crippen LogP contribution in [0.1, 0.15) is 69.6 Å². The van der Waals surface area contributed by atoms with E-state index in [1.807, 2.05) is 18.5 Å². The average Bonchev–Trinajstić information content (AvgIpc) is 2.73. The summed E-state index contributed by atoms with van der Waals surface area (Å²) >= 11 is 0. The first-order chi connectivity index (χ1) is 8.97. The first-order valence-electron chi connectivity index (χ1n) is 7.07. The highest BCUT2D eigenvalue weighted by molar-refractivity contribution is 5.88. The number of nitrogens with zero attached hydrogens (tertiary/aromatic N) is 3. The number of ether oxygens (including phenoxy) is 1. The lowest BCUT2D eigenvalue weighted by Gasteiger charge is -2.11. The lowest BCUT2D eigenvalue weighted by Crippen LogP contribution is -2.12. The predicted octanol–water partition coefficient (Wildman–Crippen LogP) is 3.01. The molecule has 0 spiro atoms. The van der Waals surface area contributed by atoms with Gasteiger partial charge in [-0.1, -0.05) is 32.9 Å². The number of aromatic nitrogens is 3. The molecule has 19 heavy (non-hydrogen) atoms. The Kier molecular flexibility index (Phi) is 5.99. The third kappa shape index (κ3) is 4.33. The molecule has 0 unspecified atom stereocenters. The van der Waals surface area contributed by atoms with Crippen LogP contribution in [-0.2, 0) is 11.3 Å². The predicted molar refractivity (Wildman–Crippen MR) is 74.1 cm³/mol. The van der Waals surface area contributed by atoms with Crippen LogP contribution in [0.15, 0.2) is 0 Å². The van der Waals surface area contributed by atoms with E-state index in [1.165, 1.54) is 0 Å². The van der Waals surface area contributed by atoms with Gasteiger partial charge in [0, 0.05) is 6.54 Å². The summed E-state index contributed by atoms with van der Waals surface area (Å²) in [7, 11) is 0. The Morgan fingerprint density at radius 3 is 2.53 bits per heavy atom. The SMILES string of the molecule is CCOC(=O)c1nnn(CCCC(C)C)c1C(C)C. The van der Waals surface area contributed by atoms with E-state index in [4.69, 9.17) is 4.74 Å². The van der Waals surface area contributed by atoms with Crippen LogP contribution < -0.4 is 0 Å². The molecule has 108 valence electrons. The standard InChI is InChI=1S/C14H25N3O2/c1-6-19-14(18)12-13(11(4)5)17(16-15-12)9-7-8-10(2)3/h10-11H,6-9H2,1-5H3. The second-order valence-corrected chi connectivity index (χ2v) is 5.46. The van der Waals surface area contributed by atoms with Crippen molar-refractivity contribution in [3.8, 4) is 0 Å². The fourth-order valence-electron chi connectivity index (χ4n) is 2.05. The molecule has 0 aromatic carbocycles. The fraction of sp³-hybridized carbons (Fsp3) is 0.786. The highest BCUT2D eigenvalue weighted by Gasteiger charge is 2.22. The van der Waals surface area contributed by atoms with Gasteiger partial charge >= 0.3 is 5.97 Å². The van der Waals surface area contributed by atoms with Crippen LogP contribution in [0.25, 0.3) is 0 Å². The van der Waals surface area contributed by atoms with Crippen molar-refractivity contribution in [3.63, 3.8) is 0 Å². The van der Waals surface area contributed by atoms with Gasteiger partial charge in [-0.3, -0.25) is 0 Å². The van der Waals surface area contributed by atoms with Crippen LogP contribution in [-0.4, -0.2) is 27.6 Å². The summed E-state index contributed by atoms with van der Waals surface area (Å²) in [6, 6.07) is 0. The molecule has 0 saturated carbocycles. The first kappa shape index (κ1) is 15.7. The lowest BCUT2D eigenvalue weighted by atomic mass is 10.1. The molecular formula is C14H25N3O2. The number of hydrogen-bond donors (Lipinski definition) is 0. The van der Waals surface area contributed by atoms with Crippen molar-refractivity contribution in [1.29, 1.82) is 0 Å².